The number of fused-ring (bicyclic) bond motifs is 1. The highest BCUT2D eigenvalue weighted by atomic mass is 32.1. The monoisotopic (exact) mass is 234 g/mol. The molecule has 3 rings (SSSR count). The fraction of sp³-hybridized carbons (Fsp3) is 0.417. The summed E-state index contributed by atoms with van der Waals surface area (Å²) in [5.41, 5.74) is 0. The zero-order valence-electron chi connectivity index (χ0n) is 8.98. The number of nitrogens with zero attached hydrogens (tertiary/aromatic N) is 1. The van der Waals surface area contributed by atoms with Gasteiger partial charge in [0.25, 0.3) is 0 Å². The van der Waals surface area contributed by atoms with E-state index in [1.165, 1.54) is 10.1 Å². The summed E-state index contributed by atoms with van der Waals surface area (Å²) in [6.07, 6.45) is 3.03. The van der Waals surface area contributed by atoms with Gasteiger partial charge in [-0.1, -0.05) is 0 Å². The molecule has 3 heterocycles. The molecule has 0 radical (unpaired) electrons. The van der Waals surface area contributed by atoms with Crippen molar-refractivity contribution < 1.29 is 4.74 Å². The minimum Gasteiger partial charge on any atom is -0.381 e. The lowest BCUT2D eigenvalue weighted by molar-refractivity contribution is 0.187. The maximum Gasteiger partial charge on any atom is 0.134 e. The molecule has 1 aliphatic rings. The van der Waals surface area contributed by atoms with E-state index >= 15 is 0 Å². The third kappa shape index (κ3) is 1.90. The Labute approximate surface area is 98.5 Å². The highest BCUT2D eigenvalue weighted by Crippen LogP contribution is 2.26. The average molecular weight is 234 g/mol. The van der Waals surface area contributed by atoms with Crippen LogP contribution in [0.4, 0.5) is 5.82 Å². The number of nitrogens with one attached hydrogen (secondary N) is 1. The molecule has 2 aromatic heterocycles. The van der Waals surface area contributed by atoms with E-state index in [0.717, 1.165) is 32.0 Å². The summed E-state index contributed by atoms with van der Waals surface area (Å²) in [7, 11) is 0. The molecule has 3 nitrogen and oxygen atoms in total. The van der Waals surface area contributed by atoms with Crippen LogP contribution in [0.3, 0.4) is 0 Å². The molecule has 0 aromatic carbocycles. The van der Waals surface area contributed by atoms with Gasteiger partial charge in [-0.15, -0.1) is 11.3 Å². The molecular weight excluding hydrogens is 220 g/mol. The SMILES string of the molecule is c1cc2sccc2c(NCC2CCOC2)n1. The number of thiophene rings is 1. The van der Waals surface area contributed by atoms with Crippen molar-refractivity contribution in [1.82, 2.24) is 4.98 Å². The van der Waals surface area contributed by atoms with E-state index < -0.39 is 0 Å². The molecule has 1 unspecified atom stereocenters. The summed E-state index contributed by atoms with van der Waals surface area (Å²) in [6.45, 7) is 2.75. The molecule has 0 spiro atoms. The van der Waals surface area contributed by atoms with Crippen molar-refractivity contribution in [3.8, 4) is 0 Å². The van der Waals surface area contributed by atoms with Gasteiger partial charge in [-0.3, -0.25) is 0 Å². The van der Waals surface area contributed by atoms with Crippen molar-refractivity contribution in [3.63, 3.8) is 0 Å². The Balaban J connectivity index is 1.75. The molecule has 4 heteroatoms. The number of ether oxygens (including phenoxy) is 1. The fourth-order valence-electron chi connectivity index (χ4n) is 2.02. The quantitative estimate of drug-likeness (QED) is 0.886. The fourth-order valence-corrected chi connectivity index (χ4v) is 2.80. The predicted molar refractivity (Wildman–Crippen MR) is 67.0 cm³/mol. The molecule has 1 N–H and O–H groups in total. The number of hydrogen-bond acceptors (Lipinski definition) is 4. The summed E-state index contributed by atoms with van der Waals surface area (Å²) in [4.78, 5) is 4.39. The summed E-state index contributed by atoms with van der Waals surface area (Å²) < 4.78 is 6.65. The Morgan fingerprint density at radius 2 is 2.50 bits per heavy atom. The number of anilines is 1. The number of rotatable bonds is 3. The molecule has 1 saturated heterocycles. The van der Waals surface area contributed by atoms with Crippen molar-refractivity contribution in [3.05, 3.63) is 23.7 Å². The Hall–Kier alpha value is -1.13. The van der Waals surface area contributed by atoms with Gasteiger partial charge in [0.15, 0.2) is 0 Å². The Morgan fingerprint density at radius 3 is 3.38 bits per heavy atom. The number of pyridine rings is 1. The van der Waals surface area contributed by atoms with Crippen LogP contribution < -0.4 is 5.32 Å². The van der Waals surface area contributed by atoms with Gasteiger partial charge in [-0.2, -0.15) is 0 Å². The van der Waals surface area contributed by atoms with Crippen LogP contribution in [0.1, 0.15) is 6.42 Å². The van der Waals surface area contributed by atoms with E-state index in [2.05, 4.69) is 27.8 Å². The van der Waals surface area contributed by atoms with E-state index in [1.54, 1.807) is 11.3 Å². The highest BCUT2D eigenvalue weighted by molar-refractivity contribution is 7.17. The van der Waals surface area contributed by atoms with Gasteiger partial charge in [-0.05, 0) is 23.9 Å². The Morgan fingerprint density at radius 1 is 1.50 bits per heavy atom. The lowest BCUT2D eigenvalue weighted by Crippen LogP contribution is -2.14. The van der Waals surface area contributed by atoms with Crippen LogP contribution in [0.15, 0.2) is 23.7 Å². The van der Waals surface area contributed by atoms with Crippen molar-refractivity contribution in [2.75, 3.05) is 25.1 Å². The van der Waals surface area contributed by atoms with Crippen molar-refractivity contribution in [1.29, 1.82) is 0 Å². The van der Waals surface area contributed by atoms with Crippen molar-refractivity contribution in [2.24, 2.45) is 5.92 Å². The Bertz CT molecular complexity index is 477. The molecule has 0 amide bonds. The molecule has 16 heavy (non-hydrogen) atoms. The van der Waals surface area contributed by atoms with Gasteiger partial charge in [0, 0.05) is 35.4 Å². The van der Waals surface area contributed by atoms with E-state index in [9.17, 15) is 0 Å². The second-order valence-corrected chi connectivity index (χ2v) is 5.05. The minimum absolute atomic E-state index is 0.635. The lowest BCUT2D eigenvalue weighted by Gasteiger charge is -2.10. The van der Waals surface area contributed by atoms with Crippen LogP contribution in [-0.2, 0) is 4.74 Å². The van der Waals surface area contributed by atoms with Crippen molar-refractivity contribution in [2.45, 2.75) is 6.42 Å². The summed E-state index contributed by atoms with van der Waals surface area (Å²) in [5, 5.41) is 6.77. The predicted octanol–water partition coefficient (Wildman–Crippen LogP) is 2.74. The van der Waals surface area contributed by atoms with Crippen LogP contribution in [0.25, 0.3) is 10.1 Å². The molecule has 0 saturated carbocycles. The first kappa shape index (κ1) is 10.1. The van der Waals surface area contributed by atoms with Crippen LogP contribution in [0, 0.1) is 5.92 Å². The smallest absolute Gasteiger partial charge is 0.134 e. The van der Waals surface area contributed by atoms with Gasteiger partial charge >= 0.3 is 0 Å². The lowest BCUT2D eigenvalue weighted by atomic mass is 10.1. The summed E-state index contributed by atoms with van der Waals surface area (Å²) >= 11 is 1.75. The average Bonchev–Trinajstić information content (AvgIpc) is 2.97. The molecule has 0 bridgehead atoms. The molecule has 2 aromatic rings. The van der Waals surface area contributed by atoms with Gasteiger partial charge in [-0.25, -0.2) is 4.98 Å². The summed E-state index contributed by atoms with van der Waals surface area (Å²) in [5.74, 6) is 1.64. The van der Waals surface area contributed by atoms with Crippen LogP contribution in [-0.4, -0.2) is 24.7 Å². The normalized spacial score (nSPS) is 20.4. The topological polar surface area (TPSA) is 34.1 Å². The molecule has 1 aliphatic heterocycles. The van der Waals surface area contributed by atoms with Crippen LogP contribution in [0.5, 0.6) is 0 Å². The van der Waals surface area contributed by atoms with Gasteiger partial charge < -0.3 is 10.1 Å². The minimum atomic E-state index is 0.635. The highest BCUT2D eigenvalue weighted by Gasteiger charge is 2.15. The van der Waals surface area contributed by atoms with E-state index in [4.69, 9.17) is 4.74 Å². The second-order valence-electron chi connectivity index (χ2n) is 4.10. The van der Waals surface area contributed by atoms with Gasteiger partial charge in [0.2, 0.25) is 0 Å². The third-order valence-electron chi connectivity index (χ3n) is 2.96. The maximum absolute atomic E-state index is 5.36. The van der Waals surface area contributed by atoms with Gasteiger partial charge in [0.1, 0.15) is 5.82 Å². The van der Waals surface area contributed by atoms with Gasteiger partial charge in [0.05, 0.1) is 6.61 Å². The molecule has 0 aliphatic carbocycles. The molecule has 1 fully saturated rings. The van der Waals surface area contributed by atoms with E-state index in [0.29, 0.717) is 5.92 Å². The Kier molecular flexibility index (Phi) is 2.76. The molecule has 1 atom stereocenters. The standard InChI is InChI=1S/C12H14N2OS/c1-4-13-12(10-3-6-16-11(1)10)14-7-9-2-5-15-8-9/h1,3-4,6,9H,2,5,7-8H2,(H,13,14). The first-order valence-electron chi connectivity index (χ1n) is 5.57. The maximum atomic E-state index is 5.36. The van der Waals surface area contributed by atoms with E-state index in [-0.39, 0.29) is 0 Å². The molecular formula is C12H14N2OS. The van der Waals surface area contributed by atoms with Crippen LogP contribution >= 0.6 is 11.3 Å². The van der Waals surface area contributed by atoms with E-state index in [1.807, 2.05) is 6.20 Å². The third-order valence-corrected chi connectivity index (χ3v) is 3.84. The number of hydrogen-bond donors (Lipinski definition) is 1. The summed E-state index contributed by atoms with van der Waals surface area (Å²) in [6, 6.07) is 4.18. The zero-order valence-corrected chi connectivity index (χ0v) is 9.80. The number of aromatic nitrogens is 1. The zero-order chi connectivity index (χ0) is 10.8. The first-order chi connectivity index (χ1) is 7.93. The largest absolute Gasteiger partial charge is 0.381 e. The van der Waals surface area contributed by atoms with Crippen molar-refractivity contribution >= 4 is 27.2 Å². The second kappa shape index (κ2) is 4.39. The van der Waals surface area contributed by atoms with Crippen LogP contribution in [0.2, 0.25) is 0 Å². The molecule has 84 valence electrons. The first-order valence-corrected chi connectivity index (χ1v) is 6.45.